The van der Waals surface area contributed by atoms with Gasteiger partial charge in [0.15, 0.2) is 0 Å². The number of ether oxygens (including phenoxy) is 1. The summed E-state index contributed by atoms with van der Waals surface area (Å²) in [6, 6.07) is 8.22. The van der Waals surface area contributed by atoms with Crippen LogP contribution in [0, 0.1) is 0 Å². The van der Waals surface area contributed by atoms with Crippen molar-refractivity contribution in [1.29, 1.82) is 0 Å². The summed E-state index contributed by atoms with van der Waals surface area (Å²) in [5.41, 5.74) is 2.38. The van der Waals surface area contributed by atoms with Crippen LogP contribution in [0.3, 0.4) is 0 Å². The van der Waals surface area contributed by atoms with Gasteiger partial charge in [0.25, 0.3) is 0 Å². The number of fused-ring (bicyclic) bond motifs is 2. The zero-order chi connectivity index (χ0) is 13.3. The van der Waals surface area contributed by atoms with Crippen LogP contribution in [0.2, 0.25) is 0 Å². The molecule has 1 atom stereocenters. The van der Waals surface area contributed by atoms with Gasteiger partial charge in [-0.25, -0.2) is 4.79 Å². The molecule has 0 aliphatic carbocycles. The molecule has 1 aromatic carbocycles. The number of para-hydroxylation sites is 1. The van der Waals surface area contributed by atoms with Crippen molar-refractivity contribution in [2.75, 3.05) is 31.1 Å². The third-order valence-corrected chi connectivity index (χ3v) is 4.19. The monoisotopic (exact) mass is 260 g/mol. The number of amides is 1. The van der Waals surface area contributed by atoms with Crippen molar-refractivity contribution in [1.82, 2.24) is 5.32 Å². The first-order valence-corrected chi connectivity index (χ1v) is 7.01. The number of nitrogens with zero attached hydrogens (tertiary/aromatic N) is 1. The van der Waals surface area contributed by atoms with Gasteiger partial charge in [-0.05, 0) is 37.9 Å². The maximum absolute atomic E-state index is 12.1. The molecular weight excluding hydrogens is 240 g/mol. The van der Waals surface area contributed by atoms with E-state index in [1.54, 1.807) is 4.90 Å². The van der Waals surface area contributed by atoms with E-state index < -0.39 is 0 Å². The van der Waals surface area contributed by atoms with Crippen molar-refractivity contribution < 1.29 is 9.53 Å². The van der Waals surface area contributed by atoms with Crippen LogP contribution < -0.4 is 10.2 Å². The Hall–Kier alpha value is -1.55. The first-order valence-electron chi connectivity index (χ1n) is 7.01. The molecule has 1 aromatic rings. The van der Waals surface area contributed by atoms with E-state index in [0.29, 0.717) is 6.61 Å². The van der Waals surface area contributed by atoms with Gasteiger partial charge in [0, 0.05) is 18.5 Å². The van der Waals surface area contributed by atoms with Crippen LogP contribution in [-0.4, -0.2) is 32.3 Å². The number of anilines is 1. The maximum Gasteiger partial charge on any atom is 0.414 e. The molecule has 0 saturated carbocycles. The average molecular weight is 260 g/mol. The standard InChI is InChI=1S/C15H20N2O2/c1-2-19-14(18)17-11-15(8-5-9-16-10-15)12-6-3-4-7-13(12)17/h3-4,6-7,16H,2,5,8-11H2,1H3. The zero-order valence-corrected chi connectivity index (χ0v) is 11.3. The minimum absolute atomic E-state index is 0.0710. The normalized spacial score (nSPS) is 25.4. The van der Waals surface area contributed by atoms with Crippen LogP contribution >= 0.6 is 0 Å². The van der Waals surface area contributed by atoms with Crippen molar-refractivity contribution in [2.24, 2.45) is 0 Å². The molecule has 0 aromatic heterocycles. The second-order valence-electron chi connectivity index (χ2n) is 5.36. The number of nitrogens with one attached hydrogen (secondary N) is 1. The fraction of sp³-hybridized carbons (Fsp3) is 0.533. The summed E-state index contributed by atoms with van der Waals surface area (Å²) in [6.07, 6.45) is 2.06. The number of carbonyl (C=O) groups excluding carboxylic acids is 1. The highest BCUT2D eigenvalue weighted by Gasteiger charge is 2.45. The molecule has 2 aliphatic rings. The number of benzene rings is 1. The Balaban J connectivity index is 1.97. The molecule has 3 rings (SSSR count). The topological polar surface area (TPSA) is 41.6 Å². The van der Waals surface area contributed by atoms with E-state index in [0.717, 1.165) is 38.2 Å². The number of rotatable bonds is 1. The van der Waals surface area contributed by atoms with Crippen LogP contribution in [0.1, 0.15) is 25.3 Å². The Labute approximate surface area is 113 Å². The fourth-order valence-corrected chi connectivity index (χ4v) is 3.33. The summed E-state index contributed by atoms with van der Waals surface area (Å²) in [5, 5.41) is 3.47. The van der Waals surface area contributed by atoms with Crippen LogP contribution in [0.5, 0.6) is 0 Å². The molecule has 102 valence electrons. The third-order valence-electron chi connectivity index (χ3n) is 4.19. The molecule has 4 heteroatoms. The summed E-state index contributed by atoms with van der Waals surface area (Å²) >= 11 is 0. The second kappa shape index (κ2) is 4.85. The molecule has 1 amide bonds. The van der Waals surface area contributed by atoms with Crippen LogP contribution in [0.25, 0.3) is 0 Å². The molecule has 1 fully saturated rings. The molecule has 0 radical (unpaired) electrons. The number of carbonyl (C=O) groups is 1. The van der Waals surface area contributed by atoms with Gasteiger partial charge < -0.3 is 10.1 Å². The zero-order valence-electron chi connectivity index (χ0n) is 11.3. The van der Waals surface area contributed by atoms with E-state index in [9.17, 15) is 4.79 Å². The summed E-state index contributed by atoms with van der Waals surface area (Å²) in [6.45, 7) is 5.02. The van der Waals surface area contributed by atoms with Gasteiger partial charge in [-0.15, -0.1) is 0 Å². The molecule has 2 aliphatic heterocycles. The summed E-state index contributed by atoms with van der Waals surface area (Å²) in [5.74, 6) is 0. The molecule has 4 nitrogen and oxygen atoms in total. The predicted octanol–water partition coefficient (Wildman–Crippen LogP) is 2.28. The Morgan fingerprint density at radius 2 is 2.32 bits per heavy atom. The lowest BCUT2D eigenvalue weighted by Gasteiger charge is -2.34. The first kappa shape index (κ1) is 12.5. The van der Waals surface area contributed by atoms with Crippen LogP contribution in [0.4, 0.5) is 10.5 Å². The van der Waals surface area contributed by atoms with E-state index in [4.69, 9.17) is 4.74 Å². The molecule has 1 unspecified atom stereocenters. The Morgan fingerprint density at radius 3 is 3.05 bits per heavy atom. The Morgan fingerprint density at radius 1 is 1.47 bits per heavy atom. The van der Waals surface area contributed by atoms with Crippen LogP contribution in [-0.2, 0) is 10.2 Å². The van der Waals surface area contributed by atoms with Crippen molar-refractivity contribution in [3.05, 3.63) is 29.8 Å². The van der Waals surface area contributed by atoms with Crippen molar-refractivity contribution >= 4 is 11.8 Å². The van der Waals surface area contributed by atoms with E-state index in [2.05, 4.69) is 17.4 Å². The third kappa shape index (κ3) is 2.00. The lowest BCUT2D eigenvalue weighted by atomic mass is 9.76. The Bertz CT molecular complexity index is 481. The lowest BCUT2D eigenvalue weighted by molar-refractivity contribution is 0.158. The largest absolute Gasteiger partial charge is 0.449 e. The smallest absolute Gasteiger partial charge is 0.414 e. The highest BCUT2D eigenvalue weighted by molar-refractivity contribution is 5.91. The van der Waals surface area contributed by atoms with E-state index in [1.165, 1.54) is 5.56 Å². The molecule has 1 spiro atoms. The van der Waals surface area contributed by atoms with Gasteiger partial charge in [0.2, 0.25) is 0 Å². The minimum atomic E-state index is -0.225. The Kier molecular flexibility index (Phi) is 3.19. The van der Waals surface area contributed by atoms with Crippen LogP contribution in [0.15, 0.2) is 24.3 Å². The fourth-order valence-electron chi connectivity index (χ4n) is 3.33. The van der Waals surface area contributed by atoms with Gasteiger partial charge in [-0.3, -0.25) is 4.90 Å². The molecular formula is C15H20N2O2. The van der Waals surface area contributed by atoms with Gasteiger partial charge in [-0.1, -0.05) is 18.2 Å². The molecule has 1 N–H and O–H groups in total. The van der Waals surface area contributed by atoms with E-state index in [1.807, 2.05) is 19.1 Å². The molecule has 19 heavy (non-hydrogen) atoms. The number of hydrogen-bond donors (Lipinski definition) is 1. The molecule has 2 heterocycles. The molecule has 1 saturated heterocycles. The molecule has 0 bridgehead atoms. The summed E-state index contributed by atoms with van der Waals surface area (Å²) in [7, 11) is 0. The van der Waals surface area contributed by atoms with E-state index in [-0.39, 0.29) is 11.5 Å². The first-order chi connectivity index (χ1) is 9.27. The minimum Gasteiger partial charge on any atom is -0.449 e. The summed E-state index contributed by atoms with van der Waals surface area (Å²) in [4.78, 5) is 13.9. The maximum atomic E-state index is 12.1. The lowest BCUT2D eigenvalue weighted by Crippen LogP contribution is -2.47. The van der Waals surface area contributed by atoms with Gasteiger partial charge in [0.1, 0.15) is 0 Å². The van der Waals surface area contributed by atoms with Gasteiger partial charge >= 0.3 is 6.09 Å². The van der Waals surface area contributed by atoms with Crippen molar-refractivity contribution in [3.8, 4) is 0 Å². The number of piperidine rings is 1. The van der Waals surface area contributed by atoms with Crippen molar-refractivity contribution in [3.63, 3.8) is 0 Å². The van der Waals surface area contributed by atoms with Gasteiger partial charge in [0.05, 0.1) is 12.3 Å². The van der Waals surface area contributed by atoms with Gasteiger partial charge in [-0.2, -0.15) is 0 Å². The second-order valence-corrected chi connectivity index (χ2v) is 5.36. The number of hydrogen-bond acceptors (Lipinski definition) is 3. The highest BCUT2D eigenvalue weighted by atomic mass is 16.6. The highest BCUT2D eigenvalue weighted by Crippen LogP contribution is 2.44. The quantitative estimate of drug-likeness (QED) is 0.842. The van der Waals surface area contributed by atoms with E-state index >= 15 is 0 Å². The average Bonchev–Trinajstić information content (AvgIpc) is 2.76. The SMILES string of the molecule is CCOC(=O)N1CC2(CCCNC2)c2ccccc21. The summed E-state index contributed by atoms with van der Waals surface area (Å²) < 4.78 is 5.18. The predicted molar refractivity (Wildman–Crippen MR) is 74.6 cm³/mol. The van der Waals surface area contributed by atoms with Crippen molar-refractivity contribution in [2.45, 2.75) is 25.2 Å².